The number of rotatable bonds is 10. The van der Waals surface area contributed by atoms with E-state index in [0.717, 1.165) is 13.3 Å². The first-order chi connectivity index (χ1) is 12.2. The van der Waals surface area contributed by atoms with Gasteiger partial charge in [0.1, 0.15) is 18.2 Å². The zero-order valence-electron chi connectivity index (χ0n) is 14.6. The minimum atomic E-state index is -2.25. The van der Waals surface area contributed by atoms with Crippen LogP contribution in [0.5, 0.6) is 0 Å². The molecular weight excluding hydrogens is 373 g/mol. The molecule has 26 heavy (non-hydrogen) atoms. The molecule has 146 valence electrons. The van der Waals surface area contributed by atoms with E-state index in [1.807, 2.05) is 0 Å². The molecule has 0 amide bonds. The summed E-state index contributed by atoms with van der Waals surface area (Å²) in [6.07, 6.45) is -3.40. The second kappa shape index (κ2) is 9.60. The number of aromatic nitrogens is 2. The predicted octanol–water partition coefficient (Wildman–Crippen LogP) is 0.801. The Labute approximate surface area is 154 Å². The number of esters is 1. The van der Waals surface area contributed by atoms with Crippen LogP contribution < -0.4 is 11.4 Å². The molecule has 0 aliphatic rings. The molecule has 0 radical (unpaired) electrons. The van der Waals surface area contributed by atoms with Crippen LogP contribution in [-0.2, 0) is 23.8 Å². The molecule has 0 aliphatic carbocycles. The normalized spacial score (nSPS) is 17.0. The van der Waals surface area contributed by atoms with E-state index in [4.69, 9.17) is 31.5 Å². The van der Waals surface area contributed by atoms with Gasteiger partial charge in [0, 0.05) is 19.7 Å². The first-order valence-corrected chi connectivity index (χ1v) is 8.05. The lowest BCUT2D eigenvalue weighted by Gasteiger charge is -2.35. The fourth-order valence-corrected chi connectivity index (χ4v) is 2.09. The minimum Gasteiger partial charge on any atom is -0.453 e. The smallest absolute Gasteiger partial charge is 0.351 e. The molecule has 1 heterocycles. The maximum atomic E-state index is 15.1. The van der Waals surface area contributed by atoms with Crippen molar-refractivity contribution in [2.75, 3.05) is 19.5 Å². The molecule has 2 N–H and O–H groups in total. The lowest BCUT2D eigenvalue weighted by Crippen LogP contribution is -2.51. The summed E-state index contributed by atoms with van der Waals surface area (Å²) in [5.74, 6) is -0.882. The van der Waals surface area contributed by atoms with Gasteiger partial charge in [-0.1, -0.05) is 18.5 Å². The quantitative estimate of drug-likeness (QED) is 0.352. The van der Waals surface area contributed by atoms with Crippen molar-refractivity contribution in [3.63, 3.8) is 0 Å². The molecule has 0 aliphatic heterocycles. The maximum Gasteiger partial charge on any atom is 0.351 e. The van der Waals surface area contributed by atoms with E-state index in [9.17, 15) is 14.4 Å². The second-order valence-corrected chi connectivity index (χ2v) is 5.96. The third-order valence-corrected chi connectivity index (χ3v) is 3.89. The Balaban J connectivity index is 3.25. The van der Waals surface area contributed by atoms with Gasteiger partial charge in [-0.05, 0) is 13.0 Å². The molecule has 0 aromatic carbocycles. The number of anilines is 1. The average Bonchev–Trinajstić information content (AvgIpc) is 2.63. The highest BCUT2D eigenvalue weighted by atomic mass is 35.5. The molecule has 4 atom stereocenters. The van der Waals surface area contributed by atoms with Crippen LogP contribution >= 0.6 is 11.6 Å². The number of hydrogen-bond acceptors (Lipinski definition) is 8. The van der Waals surface area contributed by atoms with Crippen molar-refractivity contribution in [1.29, 1.82) is 0 Å². The molecule has 0 bridgehead atoms. The summed E-state index contributed by atoms with van der Waals surface area (Å²) in [7, 11) is 1.14. The van der Waals surface area contributed by atoms with Crippen LogP contribution in [0.3, 0.4) is 0 Å². The molecular formula is C15H21ClFN3O6. The van der Waals surface area contributed by atoms with Crippen LogP contribution in [0.15, 0.2) is 17.1 Å². The van der Waals surface area contributed by atoms with E-state index in [-0.39, 0.29) is 12.2 Å². The van der Waals surface area contributed by atoms with Crippen LogP contribution in [0.4, 0.5) is 10.2 Å². The Morgan fingerprint density at radius 2 is 2.23 bits per heavy atom. The Morgan fingerprint density at radius 1 is 1.58 bits per heavy atom. The fraction of sp³-hybridized carbons (Fsp3) is 0.600. The molecule has 0 spiro atoms. The molecule has 9 nitrogen and oxygen atoms in total. The SMILES string of the molecule is CCC(=O)O[C@@H]([C@@H](F)n1ccc(N)nc1=O)[C@@](Cl)(COC(C)C=O)OC. The zero-order valence-corrected chi connectivity index (χ0v) is 15.3. The Hall–Kier alpha value is -2.04. The van der Waals surface area contributed by atoms with Crippen molar-refractivity contribution in [3.8, 4) is 0 Å². The summed E-state index contributed by atoms with van der Waals surface area (Å²) < 4.78 is 31.0. The van der Waals surface area contributed by atoms with E-state index in [1.54, 1.807) is 0 Å². The Bertz CT molecular complexity index is 688. The summed E-state index contributed by atoms with van der Waals surface area (Å²) in [5, 5.41) is -2.01. The van der Waals surface area contributed by atoms with Crippen LogP contribution in [0.2, 0.25) is 0 Å². The van der Waals surface area contributed by atoms with Gasteiger partial charge in [-0.3, -0.25) is 9.36 Å². The van der Waals surface area contributed by atoms with E-state index in [2.05, 4.69) is 4.98 Å². The third-order valence-electron chi connectivity index (χ3n) is 3.41. The third kappa shape index (κ3) is 5.48. The van der Waals surface area contributed by atoms with Gasteiger partial charge in [-0.2, -0.15) is 4.98 Å². The van der Waals surface area contributed by atoms with E-state index >= 15 is 4.39 Å². The van der Waals surface area contributed by atoms with Crippen LogP contribution in [0.25, 0.3) is 0 Å². The van der Waals surface area contributed by atoms with Gasteiger partial charge in [0.2, 0.25) is 11.4 Å². The van der Waals surface area contributed by atoms with Crippen LogP contribution in [-0.4, -0.2) is 52.8 Å². The van der Waals surface area contributed by atoms with E-state index in [0.29, 0.717) is 10.9 Å². The Morgan fingerprint density at radius 3 is 2.73 bits per heavy atom. The van der Waals surface area contributed by atoms with Gasteiger partial charge in [0.05, 0.1) is 6.61 Å². The summed E-state index contributed by atoms with van der Waals surface area (Å²) in [5.41, 5.74) is 4.37. The number of halogens is 2. The highest BCUT2D eigenvalue weighted by Gasteiger charge is 2.47. The van der Waals surface area contributed by atoms with Gasteiger partial charge in [-0.25, -0.2) is 9.18 Å². The topological polar surface area (TPSA) is 123 Å². The lowest BCUT2D eigenvalue weighted by molar-refractivity contribution is -0.181. The largest absolute Gasteiger partial charge is 0.453 e. The number of alkyl halides is 2. The minimum absolute atomic E-state index is 0.0691. The summed E-state index contributed by atoms with van der Waals surface area (Å²) >= 11 is 6.28. The van der Waals surface area contributed by atoms with Gasteiger partial charge in [-0.15, -0.1) is 0 Å². The number of methoxy groups -OCH3 is 1. The van der Waals surface area contributed by atoms with Crippen LogP contribution in [0, 0.1) is 0 Å². The number of nitrogen functional groups attached to an aromatic ring is 1. The summed E-state index contributed by atoms with van der Waals surface area (Å²) in [6.45, 7) is 2.44. The molecule has 0 saturated heterocycles. The van der Waals surface area contributed by atoms with Crippen molar-refractivity contribution >= 4 is 29.7 Å². The van der Waals surface area contributed by atoms with Crippen LogP contribution in [0.1, 0.15) is 26.6 Å². The number of hydrogen-bond donors (Lipinski definition) is 1. The van der Waals surface area contributed by atoms with Crippen molar-refractivity contribution in [2.24, 2.45) is 0 Å². The monoisotopic (exact) mass is 393 g/mol. The van der Waals surface area contributed by atoms with Crippen molar-refractivity contribution < 1.29 is 28.2 Å². The van der Waals surface area contributed by atoms with Crippen molar-refractivity contribution in [1.82, 2.24) is 9.55 Å². The summed E-state index contributed by atoms with van der Waals surface area (Å²) in [4.78, 5) is 37.7. The number of ether oxygens (including phenoxy) is 3. The Kier molecular flexibility index (Phi) is 8.12. The van der Waals surface area contributed by atoms with Crippen molar-refractivity contribution in [3.05, 3.63) is 22.7 Å². The standard InChI is InChI=1S/C15H21ClFN3O6/c1-4-11(22)26-12(15(16,24-3)8-25-9(2)7-21)13(17)20-6-5-10(18)19-14(20)23/h5-7,9,12-13H,4,8H2,1-3H3,(H2,18,19,23)/t9?,12-,13-,15+/m0/s1. The molecule has 11 heteroatoms. The highest BCUT2D eigenvalue weighted by Crippen LogP contribution is 2.33. The van der Waals surface area contributed by atoms with Gasteiger partial charge in [0.15, 0.2) is 6.10 Å². The molecule has 1 aromatic heterocycles. The first-order valence-electron chi connectivity index (χ1n) is 7.67. The predicted molar refractivity (Wildman–Crippen MR) is 90.3 cm³/mol. The molecule has 1 rings (SSSR count). The summed E-state index contributed by atoms with van der Waals surface area (Å²) in [6, 6.07) is 1.19. The number of nitrogens with two attached hydrogens (primary N) is 1. The lowest BCUT2D eigenvalue weighted by atomic mass is 10.1. The van der Waals surface area contributed by atoms with Gasteiger partial charge in [0.25, 0.3) is 0 Å². The van der Waals surface area contributed by atoms with E-state index < -0.39 is 41.8 Å². The zero-order chi connectivity index (χ0) is 19.9. The first kappa shape index (κ1) is 22.0. The number of carbonyl (C=O) groups is 2. The second-order valence-electron chi connectivity index (χ2n) is 5.32. The van der Waals surface area contributed by atoms with Gasteiger partial charge >= 0.3 is 11.7 Å². The number of aldehydes is 1. The van der Waals surface area contributed by atoms with E-state index in [1.165, 1.54) is 19.9 Å². The number of nitrogens with zero attached hydrogens (tertiary/aromatic N) is 2. The maximum absolute atomic E-state index is 15.1. The highest BCUT2D eigenvalue weighted by molar-refractivity contribution is 6.23. The molecule has 0 fully saturated rings. The van der Waals surface area contributed by atoms with Gasteiger partial charge < -0.3 is 24.7 Å². The average molecular weight is 394 g/mol. The number of carbonyl (C=O) groups excluding carboxylic acids is 2. The molecule has 1 aromatic rings. The van der Waals surface area contributed by atoms with Crippen molar-refractivity contribution in [2.45, 2.75) is 43.8 Å². The fourth-order valence-electron chi connectivity index (χ4n) is 1.88. The molecule has 0 saturated carbocycles. The molecule has 1 unspecified atom stereocenters.